The first kappa shape index (κ1) is 8.85. The third-order valence-electron chi connectivity index (χ3n) is 1.58. The maximum Gasteiger partial charge on any atom is 0.0913 e. The minimum Gasteiger partial charge on any atom is -0.501 e. The molecule has 64 valence electrons. The maximum atomic E-state index is 5.21. The van der Waals surface area contributed by atoms with Crippen molar-refractivity contribution in [3.63, 3.8) is 0 Å². The zero-order chi connectivity index (χ0) is 8.65. The summed E-state index contributed by atoms with van der Waals surface area (Å²) in [5.41, 5.74) is 1.32. The predicted molar refractivity (Wildman–Crippen MR) is 50.9 cm³/mol. The van der Waals surface area contributed by atoms with Crippen LogP contribution in [0.15, 0.2) is 42.7 Å². The molecule has 0 atom stereocenters. The molecule has 0 N–H and O–H groups in total. The second-order valence-corrected chi connectivity index (χ2v) is 2.58. The van der Waals surface area contributed by atoms with E-state index in [0.717, 1.165) is 13.0 Å². The van der Waals surface area contributed by atoms with Crippen molar-refractivity contribution in [2.24, 2.45) is 0 Å². The molecule has 0 fully saturated rings. The van der Waals surface area contributed by atoms with Crippen molar-refractivity contribution in [2.45, 2.75) is 13.3 Å². The molecule has 0 aliphatic rings. The first-order valence-corrected chi connectivity index (χ1v) is 4.20. The number of rotatable bonds is 4. The lowest BCUT2D eigenvalue weighted by Gasteiger charge is -2.00. The van der Waals surface area contributed by atoms with Crippen LogP contribution < -0.4 is 0 Å². The zero-order valence-corrected chi connectivity index (χ0v) is 7.36. The van der Waals surface area contributed by atoms with Gasteiger partial charge in [-0.2, -0.15) is 0 Å². The van der Waals surface area contributed by atoms with E-state index in [4.69, 9.17) is 4.74 Å². The van der Waals surface area contributed by atoms with Gasteiger partial charge in [-0.15, -0.1) is 0 Å². The summed E-state index contributed by atoms with van der Waals surface area (Å²) in [5, 5.41) is 0. The van der Waals surface area contributed by atoms with Crippen molar-refractivity contribution in [2.75, 3.05) is 6.61 Å². The molecule has 1 nitrogen and oxygen atoms in total. The number of allylic oxidation sites excluding steroid dienone is 1. The predicted octanol–water partition coefficient (Wildman–Crippen LogP) is 2.78. The Bertz CT molecular complexity index is 226. The van der Waals surface area contributed by atoms with Crippen LogP contribution >= 0.6 is 0 Å². The van der Waals surface area contributed by atoms with Crippen molar-refractivity contribution in [1.29, 1.82) is 0 Å². The van der Waals surface area contributed by atoms with E-state index in [1.807, 2.05) is 31.2 Å². The van der Waals surface area contributed by atoms with Gasteiger partial charge in [0.1, 0.15) is 0 Å². The van der Waals surface area contributed by atoms with Gasteiger partial charge in [0.25, 0.3) is 0 Å². The van der Waals surface area contributed by atoms with Crippen LogP contribution in [-0.2, 0) is 11.2 Å². The third kappa shape index (κ3) is 3.24. The van der Waals surface area contributed by atoms with Crippen molar-refractivity contribution < 1.29 is 4.74 Å². The standard InChI is InChI=1S/C11H14O/c1-2-9-12-10-8-11-6-4-3-5-7-11/h2-7,9H,8,10H2,1H3/b9-2-. The molecule has 0 unspecified atom stereocenters. The molecule has 1 aromatic carbocycles. The van der Waals surface area contributed by atoms with Gasteiger partial charge in [-0.05, 0) is 12.5 Å². The normalized spacial score (nSPS) is 10.4. The molecule has 0 saturated heterocycles. The second-order valence-electron chi connectivity index (χ2n) is 2.58. The van der Waals surface area contributed by atoms with Gasteiger partial charge in [0, 0.05) is 6.42 Å². The fourth-order valence-electron chi connectivity index (χ4n) is 0.986. The van der Waals surface area contributed by atoms with Gasteiger partial charge in [-0.1, -0.05) is 36.4 Å². The van der Waals surface area contributed by atoms with Crippen LogP contribution in [0.4, 0.5) is 0 Å². The minimum absolute atomic E-state index is 0.758. The average Bonchev–Trinajstić information content (AvgIpc) is 2.14. The van der Waals surface area contributed by atoms with Crippen LogP contribution in [0.5, 0.6) is 0 Å². The Hall–Kier alpha value is -1.24. The molecule has 0 saturated carbocycles. The van der Waals surface area contributed by atoms with Crippen molar-refractivity contribution >= 4 is 0 Å². The molecule has 0 bridgehead atoms. The molecule has 0 aliphatic heterocycles. The van der Waals surface area contributed by atoms with Crippen molar-refractivity contribution in [3.8, 4) is 0 Å². The largest absolute Gasteiger partial charge is 0.501 e. The highest BCUT2D eigenvalue weighted by Crippen LogP contribution is 1.99. The van der Waals surface area contributed by atoms with E-state index in [1.54, 1.807) is 6.26 Å². The molecule has 0 heterocycles. The number of ether oxygens (including phenoxy) is 1. The monoisotopic (exact) mass is 162 g/mol. The van der Waals surface area contributed by atoms with Crippen LogP contribution in [0.2, 0.25) is 0 Å². The van der Waals surface area contributed by atoms with Crippen molar-refractivity contribution in [3.05, 3.63) is 48.2 Å². The van der Waals surface area contributed by atoms with Gasteiger partial charge in [0.05, 0.1) is 12.9 Å². The molecule has 0 aromatic heterocycles. The summed E-state index contributed by atoms with van der Waals surface area (Å²) in [4.78, 5) is 0. The Balaban J connectivity index is 2.24. The van der Waals surface area contributed by atoms with Gasteiger partial charge < -0.3 is 4.74 Å². The topological polar surface area (TPSA) is 9.23 Å². The van der Waals surface area contributed by atoms with Gasteiger partial charge in [0.2, 0.25) is 0 Å². The lowest BCUT2D eigenvalue weighted by atomic mass is 10.2. The fraction of sp³-hybridized carbons (Fsp3) is 0.273. The maximum absolute atomic E-state index is 5.21. The SMILES string of the molecule is C/C=C\OCCc1ccccc1. The van der Waals surface area contributed by atoms with Gasteiger partial charge >= 0.3 is 0 Å². The summed E-state index contributed by atoms with van der Waals surface area (Å²) in [6.45, 7) is 2.71. The summed E-state index contributed by atoms with van der Waals surface area (Å²) < 4.78 is 5.21. The molecule has 0 amide bonds. The average molecular weight is 162 g/mol. The summed E-state index contributed by atoms with van der Waals surface area (Å²) in [6.07, 6.45) is 4.60. The smallest absolute Gasteiger partial charge is 0.0913 e. The van der Waals surface area contributed by atoms with Crippen LogP contribution in [-0.4, -0.2) is 6.61 Å². The zero-order valence-electron chi connectivity index (χ0n) is 7.36. The van der Waals surface area contributed by atoms with E-state index in [-0.39, 0.29) is 0 Å². The molecule has 1 rings (SSSR count). The molecule has 0 radical (unpaired) electrons. The van der Waals surface area contributed by atoms with Crippen LogP contribution in [0.1, 0.15) is 12.5 Å². The van der Waals surface area contributed by atoms with E-state index in [1.165, 1.54) is 5.56 Å². The Morgan fingerprint density at radius 3 is 2.67 bits per heavy atom. The summed E-state index contributed by atoms with van der Waals surface area (Å²) in [7, 11) is 0. The molecule has 1 heteroatoms. The highest BCUT2D eigenvalue weighted by Gasteiger charge is 1.88. The molecule has 0 aliphatic carbocycles. The first-order valence-electron chi connectivity index (χ1n) is 4.20. The molecular weight excluding hydrogens is 148 g/mol. The number of hydrogen-bond donors (Lipinski definition) is 0. The van der Waals surface area contributed by atoms with E-state index in [9.17, 15) is 0 Å². The summed E-state index contributed by atoms with van der Waals surface area (Å²) >= 11 is 0. The van der Waals surface area contributed by atoms with Crippen LogP contribution in [0.3, 0.4) is 0 Å². The van der Waals surface area contributed by atoms with E-state index in [0.29, 0.717) is 0 Å². The van der Waals surface area contributed by atoms with E-state index in [2.05, 4.69) is 12.1 Å². The van der Waals surface area contributed by atoms with Crippen LogP contribution in [0.25, 0.3) is 0 Å². The van der Waals surface area contributed by atoms with Gasteiger partial charge in [-0.3, -0.25) is 0 Å². The molecular formula is C11H14O. The Labute approximate surface area is 73.7 Å². The number of hydrogen-bond acceptors (Lipinski definition) is 1. The lowest BCUT2D eigenvalue weighted by Crippen LogP contribution is -1.92. The first-order chi connectivity index (χ1) is 5.93. The quantitative estimate of drug-likeness (QED) is 0.488. The minimum atomic E-state index is 0.758. The lowest BCUT2D eigenvalue weighted by molar-refractivity contribution is 0.253. The van der Waals surface area contributed by atoms with E-state index < -0.39 is 0 Å². The Morgan fingerprint density at radius 1 is 1.25 bits per heavy atom. The Kier molecular flexibility index (Phi) is 4.00. The molecule has 12 heavy (non-hydrogen) atoms. The highest BCUT2D eigenvalue weighted by molar-refractivity contribution is 5.14. The van der Waals surface area contributed by atoms with Gasteiger partial charge in [0.15, 0.2) is 0 Å². The van der Waals surface area contributed by atoms with Crippen molar-refractivity contribution in [1.82, 2.24) is 0 Å². The van der Waals surface area contributed by atoms with E-state index >= 15 is 0 Å². The Morgan fingerprint density at radius 2 is 2.00 bits per heavy atom. The summed E-state index contributed by atoms with van der Waals surface area (Å²) in [6, 6.07) is 10.3. The highest BCUT2D eigenvalue weighted by atomic mass is 16.5. The van der Waals surface area contributed by atoms with Gasteiger partial charge in [-0.25, -0.2) is 0 Å². The fourth-order valence-corrected chi connectivity index (χ4v) is 0.986. The van der Waals surface area contributed by atoms with Crippen LogP contribution in [0, 0.1) is 0 Å². The summed E-state index contributed by atoms with van der Waals surface area (Å²) in [5.74, 6) is 0. The third-order valence-corrected chi connectivity index (χ3v) is 1.58. The number of benzene rings is 1. The second kappa shape index (κ2) is 5.42. The molecule has 1 aromatic rings. The molecule has 0 spiro atoms.